The summed E-state index contributed by atoms with van der Waals surface area (Å²) < 4.78 is 28.8. The van der Waals surface area contributed by atoms with Gasteiger partial charge in [0.25, 0.3) is 10.2 Å². The zero-order chi connectivity index (χ0) is 21.6. The van der Waals surface area contributed by atoms with E-state index in [9.17, 15) is 13.2 Å². The van der Waals surface area contributed by atoms with Gasteiger partial charge in [-0.3, -0.25) is 4.79 Å². The summed E-state index contributed by atoms with van der Waals surface area (Å²) >= 11 is 0. The number of hydrogen-bond donors (Lipinski definition) is 0. The summed E-state index contributed by atoms with van der Waals surface area (Å²) in [6.07, 6.45) is 5.30. The molecule has 1 unspecified atom stereocenters. The van der Waals surface area contributed by atoms with Crippen LogP contribution in [0.4, 0.5) is 0 Å². The summed E-state index contributed by atoms with van der Waals surface area (Å²) in [6.45, 7) is 4.48. The fraction of sp³-hybridized carbons (Fsp3) is 0.682. The van der Waals surface area contributed by atoms with Crippen molar-refractivity contribution in [1.29, 1.82) is 0 Å². The maximum Gasteiger partial charge on any atom is 0.281 e. The lowest BCUT2D eigenvalue weighted by atomic mass is 10.1. The topological polar surface area (TPSA) is 64.2 Å². The number of aryl methyl sites for hydroxylation is 1. The van der Waals surface area contributed by atoms with Crippen LogP contribution in [0.5, 0.6) is 0 Å². The Morgan fingerprint density at radius 3 is 2.47 bits per heavy atom. The molecule has 1 aromatic rings. The van der Waals surface area contributed by atoms with E-state index in [0.717, 1.165) is 32.5 Å². The minimum atomic E-state index is -3.51. The molecule has 7 nitrogen and oxygen atoms in total. The molecular weight excluding hydrogens is 400 g/mol. The molecule has 2 heterocycles. The van der Waals surface area contributed by atoms with E-state index in [0.29, 0.717) is 32.5 Å². The number of nitrogens with zero attached hydrogens (tertiary/aromatic N) is 4. The highest BCUT2D eigenvalue weighted by atomic mass is 32.2. The fourth-order valence-electron chi connectivity index (χ4n) is 4.39. The second-order valence-corrected chi connectivity index (χ2v) is 10.7. The molecule has 0 bridgehead atoms. The van der Waals surface area contributed by atoms with Gasteiger partial charge in [0.1, 0.15) is 0 Å². The standard InChI is InChI=1S/C22H36N4O3S/c1-23(2)30(28,29)26(18-17-24-14-6-7-15-24)21-13-16-25(19-21)22(27)12-8-11-20-9-4-3-5-10-20/h3-5,9-10,21H,6-8,11-19H2,1-2H3. The fourth-order valence-corrected chi connectivity index (χ4v) is 5.67. The quantitative estimate of drug-likeness (QED) is 0.561. The first-order valence-corrected chi connectivity index (χ1v) is 12.5. The number of amides is 1. The van der Waals surface area contributed by atoms with Gasteiger partial charge in [0.2, 0.25) is 5.91 Å². The largest absolute Gasteiger partial charge is 0.341 e. The summed E-state index contributed by atoms with van der Waals surface area (Å²) in [4.78, 5) is 16.9. The average molecular weight is 437 g/mol. The molecule has 0 spiro atoms. The molecule has 2 aliphatic heterocycles. The third kappa shape index (κ3) is 6.03. The average Bonchev–Trinajstić information content (AvgIpc) is 3.41. The lowest BCUT2D eigenvalue weighted by molar-refractivity contribution is -0.130. The lowest BCUT2D eigenvalue weighted by Crippen LogP contribution is -2.50. The molecule has 0 aliphatic carbocycles. The predicted molar refractivity (Wildman–Crippen MR) is 119 cm³/mol. The molecule has 2 fully saturated rings. The number of hydrogen-bond acceptors (Lipinski definition) is 4. The Kier molecular flexibility index (Phi) is 8.27. The monoisotopic (exact) mass is 436 g/mol. The van der Waals surface area contributed by atoms with Crippen molar-refractivity contribution in [3.8, 4) is 0 Å². The molecule has 1 atom stereocenters. The summed E-state index contributed by atoms with van der Waals surface area (Å²) in [5, 5.41) is 0. The molecule has 1 amide bonds. The van der Waals surface area contributed by atoms with Crippen molar-refractivity contribution in [2.75, 3.05) is 53.4 Å². The van der Waals surface area contributed by atoms with Crippen LogP contribution in [-0.4, -0.2) is 92.1 Å². The van der Waals surface area contributed by atoms with Crippen molar-refractivity contribution < 1.29 is 13.2 Å². The van der Waals surface area contributed by atoms with E-state index in [4.69, 9.17) is 0 Å². The molecule has 0 radical (unpaired) electrons. The van der Waals surface area contributed by atoms with Gasteiger partial charge in [-0.1, -0.05) is 30.3 Å². The number of likely N-dealkylation sites (tertiary alicyclic amines) is 2. The minimum Gasteiger partial charge on any atom is -0.341 e. The van der Waals surface area contributed by atoms with Gasteiger partial charge in [-0.2, -0.15) is 17.0 Å². The van der Waals surface area contributed by atoms with E-state index >= 15 is 0 Å². The van der Waals surface area contributed by atoms with Crippen molar-refractivity contribution in [3.63, 3.8) is 0 Å². The Hall–Kier alpha value is -1.48. The zero-order valence-corrected chi connectivity index (χ0v) is 19.2. The second kappa shape index (κ2) is 10.7. The Bertz CT molecular complexity index is 779. The van der Waals surface area contributed by atoms with E-state index in [-0.39, 0.29) is 11.9 Å². The first kappa shape index (κ1) is 23.2. The van der Waals surface area contributed by atoms with E-state index in [1.807, 2.05) is 23.1 Å². The molecule has 3 rings (SSSR count). The van der Waals surface area contributed by atoms with Crippen LogP contribution in [0.1, 0.15) is 37.7 Å². The molecular formula is C22H36N4O3S. The van der Waals surface area contributed by atoms with Gasteiger partial charge in [0, 0.05) is 52.7 Å². The highest BCUT2D eigenvalue weighted by Crippen LogP contribution is 2.22. The maximum atomic E-state index is 13.0. The summed E-state index contributed by atoms with van der Waals surface area (Å²) in [7, 11) is -0.348. The maximum absolute atomic E-state index is 13.0. The normalized spacial score (nSPS) is 20.5. The molecule has 168 valence electrons. The highest BCUT2D eigenvalue weighted by Gasteiger charge is 2.37. The van der Waals surface area contributed by atoms with Crippen molar-refractivity contribution >= 4 is 16.1 Å². The molecule has 0 N–H and O–H groups in total. The van der Waals surface area contributed by atoms with Gasteiger partial charge in [-0.25, -0.2) is 0 Å². The smallest absolute Gasteiger partial charge is 0.281 e. The van der Waals surface area contributed by atoms with Gasteiger partial charge in [-0.05, 0) is 50.8 Å². The third-order valence-electron chi connectivity index (χ3n) is 6.22. The Labute approximate surface area is 181 Å². The van der Waals surface area contributed by atoms with Crippen LogP contribution in [0.2, 0.25) is 0 Å². The van der Waals surface area contributed by atoms with Crippen LogP contribution < -0.4 is 0 Å². The Balaban J connectivity index is 1.54. The number of rotatable bonds is 10. The van der Waals surface area contributed by atoms with E-state index in [2.05, 4.69) is 17.0 Å². The van der Waals surface area contributed by atoms with Gasteiger partial charge in [-0.15, -0.1) is 0 Å². The SMILES string of the molecule is CN(C)S(=O)(=O)N(CCN1CCCC1)C1CCN(C(=O)CCCc2ccccc2)C1. The van der Waals surface area contributed by atoms with Crippen LogP contribution in [-0.2, 0) is 21.4 Å². The van der Waals surface area contributed by atoms with Gasteiger partial charge < -0.3 is 9.80 Å². The summed E-state index contributed by atoms with van der Waals surface area (Å²) in [5.74, 6) is 0.134. The van der Waals surface area contributed by atoms with Crippen molar-refractivity contribution in [2.45, 2.75) is 44.6 Å². The van der Waals surface area contributed by atoms with Crippen LogP contribution in [0, 0.1) is 0 Å². The molecule has 2 saturated heterocycles. The van der Waals surface area contributed by atoms with Crippen LogP contribution >= 0.6 is 0 Å². The van der Waals surface area contributed by atoms with Crippen LogP contribution in [0.25, 0.3) is 0 Å². The number of carbonyl (C=O) groups is 1. The number of carbonyl (C=O) groups excluding carboxylic acids is 1. The van der Waals surface area contributed by atoms with Crippen molar-refractivity contribution in [1.82, 2.24) is 18.4 Å². The predicted octanol–water partition coefficient (Wildman–Crippen LogP) is 1.81. The Morgan fingerprint density at radius 2 is 1.80 bits per heavy atom. The van der Waals surface area contributed by atoms with Gasteiger partial charge in [0.15, 0.2) is 0 Å². The van der Waals surface area contributed by atoms with Crippen LogP contribution in [0.3, 0.4) is 0 Å². The van der Waals surface area contributed by atoms with Crippen LogP contribution in [0.15, 0.2) is 30.3 Å². The molecule has 8 heteroatoms. The molecule has 2 aliphatic rings. The van der Waals surface area contributed by atoms with Gasteiger partial charge in [0.05, 0.1) is 0 Å². The summed E-state index contributed by atoms with van der Waals surface area (Å²) in [5.41, 5.74) is 1.25. The van der Waals surface area contributed by atoms with Gasteiger partial charge >= 0.3 is 0 Å². The van der Waals surface area contributed by atoms with E-state index in [1.54, 1.807) is 18.4 Å². The minimum absolute atomic E-state index is 0.134. The first-order valence-electron chi connectivity index (χ1n) is 11.1. The van der Waals surface area contributed by atoms with E-state index in [1.165, 1.54) is 22.7 Å². The lowest BCUT2D eigenvalue weighted by Gasteiger charge is -2.32. The molecule has 0 aromatic heterocycles. The third-order valence-corrected chi connectivity index (χ3v) is 8.21. The first-order chi connectivity index (χ1) is 14.4. The van der Waals surface area contributed by atoms with Crippen molar-refractivity contribution in [2.24, 2.45) is 0 Å². The number of benzene rings is 1. The molecule has 1 aromatic carbocycles. The molecule has 30 heavy (non-hydrogen) atoms. The second-order valence-electron chi connectivity index (χ2n) is 8.57. The summed E-state index contributed by atoms with van der Waals surface area (Å²) in [6, 6.07) is 10.1. The van der Waals surface area contributed by atoms with Crippen molar-refractivity contribution in [3.05, 3.63) is 35.9 Å². The molecule has 0 saturated carbocycles. The highest BCUT2D eigenvalue weighted by molar-refractivity contribution is 7.86. The zero-order valence-electron chi connectivity index (χ0n) is 18.4. The van der Waals surface area contributed by atoms with E-state index < -0.39 is 10.2 Å². The Morgan fingerprint density at radius 1 is 1.10 bits per heavy atom.